The molecule has 0 aliphatic heterocycles. The molecule has 0 saturated carbocycles. The lowest BCUT2D eigenvalue weighted by Gasteiger charge is -2.09. The lowest BCUT2D eigenvalue weighted by Crippen LogP contribution is -2.06. The summed E-state index contributed by atoms with van der Waals surface area (Å²) in [7, 11) is 1.84. The van der Waals surface area contributed by atoms with Gasteiger partial charge in [0.15, 0.2) is 0 Å². The van der Waals surface area contributed by atoms with Gasteiger partial charge in [-0.2, -0.15) is 13.2 Å². The van der Waals surface area contributed by atoms with Gasteiger partial charge in [0.25, 0.3) is 0 Å². The number of benzene rings is 1. The first-order valence-corrected chi connectivity index (χ1v) is 5.44. The van der Waals surface area contributed by atoms with E-state index < -0.39 is 11.7 Å². The van der Waals surface area contributed by atoms with Crippen LogP contribution in [0.1, 0.15) is 24.5 Å². The number of hydrogen-bond donors (Lipinski definition) is 1. The first kappa shape index (κ1) is 13.8. The number of allylic oxidation sites excluding steroid dienone is 1. The number of nitrogens with one attached hydrogen (secondary N) is 1. The summed E-state index contributed by atoms with van der Waals surface area (Å²) >= 11 is 0. The molecule has 94 valence electrons. The van der Waals surface area contributed by atoms with E-state index >= 15 is 0 Å². The Morgan fingerprint density at radius 1 is 1.35 bits per heavy atom. The fourth-order valence-corrected chi connectivity index (χ4v) is 1.49. The van der Waals surface area contributed by atoms with Gasteiger partial charge in [-0.3, -0.25) is 0 Å². The molecular formula is C13H16F3N. The van der Waals surface area contributed by atoms with Gasteiger partial charge in [0.05, 0.1) is 5.56 Å². The zero-order valence-corrected chi connectivity index (χ0v) is 9.93. The van der Waals surface area contributed by atoms with Gasteiger partial charge >= 0.3 is 6.18 Å². The van der Waals surface area contributed by atoms with Crippen LogP contribution in [0.25, 0.3) is 5.57 Å². The Hall–Kier alpha value is -1.29. The highest BCUT2D eigenvalue weighted by atomic mass is 19.4. The molecule has 0 atom stereocenters. The lowest BCUT2D eigenvalue weighted by atomic mass is 10.0. The summed E-state index contributed by atoms with van der Waals surface area (Å²) in [6, 6.07) is 5.41. The SMILES string of the molecule is CNCCC=C(C)c1cccc(C(F)(F)F)c1. The normalized spacial score (nSPS) is 12.9. The highest BCUT2D eigenvalue weighted by Crippen LogP contribution is 2.30. The third-order valence-corrected chi connectivity index (χ3v) is 2.49. The van der Waals surface area contributed by atoms with Crippen molar-refractivity contribution in [2.45, 2.75) is 19.5 Å². The van der Waals surface area contributed by atoms with E-state index in [1.807, 2.05) is 20.0 Å². The Morgan fingerprint density at radius 2 is 2.06 bits per heavy atom. The monoisotopic (exact) mass is 243 g/mol. The molecule has 0 bridgehead atoms. The van der Waals surface area contributed by atoms with Crippen LogP contribution in [0.3, 0.4) is 0 Å². The first-order valence-electron chi connectivity index (χ1n) is 5.44. The molecule has 0 radical (unpaired) electrons. The largest absolute Gasteiger partial charge is 0.416 e. The molecule has 0 unspecified atom stereocenters. The van der Waals surface area contributed by atoms with E-state index in [-0.39, 0.29) is 0 Å². The van der Waals surface area contributed by atoms with E-state index in [1.165, 1.54) is 12.1 Å². The summed E-state index contributed by atoms with van der Waals surface area (Å²) in [5, 5.41) is 2.99. The predicted octanol–water partition coefficient (Wildman–Crippen LogP) is 3.72. The Kier molecular flexibility index (Phi) is 4.75. The van der Waals surface area contributed by atoms with Crippen LogP contribution in [0.4, 0.5) is 13.2 Å². The summed E-state index contributed by atoms with van der Waals surface area (Å²) in [5.74, 6) is 0. The Morgan fingerprint density at radius 3 is 2.65 bits per heavy atom. The van der Waals surface area contributed by atoms with Crippen LogP contribution >= 0.6 is 0 Å². The third-order valence-electron chi connectivity index (χ3n) is 2.49. The van der Waals surface area contributed by atoms with E-state index in [0.29, 0.717) is 5.56 Å². The molecule has 1 nitrogen and oxygen atoms in total. The molecule has 4 heteroatoms. The molecule has 1 aromatic rings. The molecule has 0 aliphatic carbocycles. The number of rotatable bonds is 4. The van der Waals surface area contributed by atoms with Gasteiger partial charge in [0.1, 0.15) is 0 Å². The van der Waals surface area contributed by atoms with E-state index in [4.69, 9.17) is 0 Å². The van der Waals surface area contributed by atoms with E-state index in [2.05, 4.69) is 5.32 Å². The van der Waals surface area contributed by atoms with Crippen molar-refractivity contribution in [3.05, 3.63) is 41.5 Å². The van der Waals surface area contributed by atoms with Crippen LogP contribution in [0.2, 0.25) is 0 Å². The van der Waals surface area contributed by atoms with Crippen LogP contribution < -0.4 is 5.32 Å². The first-order chi connectivity index (χ1) is 7.95. The number of alkyl halides is 3. The smallest absolute Gasteiger partial charge is 0.319 e. The molecule has 0 fully saturated rings. The quantitative estimate of drug-likeness (QED) is 0.795. The minimum atomic E-state index is -4.28. The number of hydrogen-bond acceptors (Lipinski definition) is 1. The lowest BCUT2D eigenvalue weighted by molar-refractivity contribution is -0.137. The second-order valence-corrected chi connectivity index (χ2v) is 3.86. The predicted molar refractivity (Wildman–Crippen MR) is 63.6 cm³/mol. The summed E-state index contributed by atoms with van der Waals surface area (Å²) in [6.45, 7) is 2.64. The summed E-state index contributed by atoms with van der Waals surface area (Å²) in [6.07, 6.45) is -1.54. The average molecular weight is 243 g/mol. The van der Waals surface area contributed by atoms with Gasteiger partial charge in [-0.05, 0) is 50.2 Å². The maximum absolute atomic E-state index is 12.5. The topological polar surface area (TPSA) is 12.0 Å². The van der Waals surface area contributed by atoms with E-state index in [1.54, 1.807) is 6.07 Å². The molecule has 0 aromatic heterocycles. The van der Waals surface area contributed by atoms with Crippen LogP contribution in [0, 0.1) is 0 Å². The molecule has 0 heterocycles. The van der Waals surface area contributed by atoms with Crippen molar-refractivity contribution >= 4 is 5.57 Å². The minimum Gasteiger partial charge on any atom is -0.319 e. The van der Waals surface area contributed by atoms with Crippen molar-refractivity contribution in [1.29, 1.82) is 0 Å². The van der Waals surface area contributed by atoms with Gasteiger partial charge < -0.3 is 5.32 Å². The summed E-state index contributed by atoms with van der Waals surface area (Å²) in [4.78, 5) is 0. The van der Waals surface area contributed by atoms with Gasteiger partial charge in [0, 0.05) is 0 Å². The summed E-state index contributed by atoms with van der Waals surface area (Å²) < 4.78 is 37.5. The Bertz CT molecular complexity index is 394. The van der Waals surface area contributed by atoms with Crippen LogP contribution in [-0.4, -0.2) is 13.6 Å². The fraction of sp³-hybridized carbons (Fsp3) is 0.385. The molecule has 0 amide bonds. The second-order valence-electron chi connectivity index (χ2n) is 3.86. The molecule has 1 aromatic carbocycles. The van der Waals surface area contributed by atoms with E-state index in [0.717, 1.165) is 24.6 Å². The summed E-state index contributed by atoms with van der Waals surface area (Å²) in [5.41, 5.74) is 0.888. The number of halogens is 3. The van der Waals surface area contributed by atoms with E-state index in [9.17, 15) is 13.2 Å². The van der Waals surface area contributed by atoms with Gasteiger partial charge in [-0.1, -0.05) is 18.2 Å². The molecule has 0 saturated heterocycles. The molecule has 0 aliphatic rings. The van der Waals surface area contributed by atoms with Crippen LogP contribution in [0.15, 0.2) is 30.3 Å². The minimum absolute atomic E-state index is 0.601. The van der Waals surface area contributed by atoms with Crippen molar-refractivity contribution in [2.75, 3.05) is 13.6 Å². The molecule has 1 rings (SSSR count). The maximum atomic E-state index is 12.5. The average Bonchev–Trinajstić information content (AvgIpc) is 2.28. The van der Waals surface area contributed by atoms with Crippen molar-refractivity contribution in [1.82, 2.24) is 5.32 Å². The van der Waals surface area contributed by atoms with Gasteiger partial charge in [-0.25, -0.2) is 0 Å². The Labute approximate surface area is 99.3 Å². The Balaban J connectivity index is 2.88. The van der Waals surface area contributed by atoms with Gasteiger partial charge in [-0.15, -0.1) is 0 Å². The van der Waals surface area contributed by atoms with Crippen molar-refractivity contribution < 1.29 is 13.2 Å². The maximum Gasteiger partial charge on any atom is 0.416 e. The molecule has 1 N–H and O–H groups in total. The fourth-order valence-electron chi connectivity index (χ4n) is 1.49. The second kappa shape index (κ2) is 5.87. The van der Waals surface area contributed by atoms with Crippen LogP contribution in [-0.2, 0) is 6.18 Å². The molecule has 17 heavy (non-hydrogen) atoms. The van der Waals surface area contributed by atoms with Gasteiger partial charge in [0.2, 0.25) is 0 Å². The third kappa shape index (κ3) is 4.23. The molecular weight excluding hydrogens is 227 g/mol. The zero-order valence-electron chi connectivity index (χ0n) is 9.93. The standard InChI is InChI=1S/C13H16F3N/c1-10(5-4-8-17-2)11-6-3-7-12(9-11)13(14,15)16/h3,5-7,9,17H,4,8H2,1-2H3. The van der Waals surface area contributed by atoms with Crippen molar-refractivity contribution in [3.8, 4) is 0 Å². The highest BCUT2D eigenvalue weighted by Gasteiger charge is 2.30. The highest BCUT2D eigenvalue weighted by molar-refractivity contribution is 5.64. The zero-order chi connectivity index (χ0) is 12.9. The van der Waals surface area contributed by atoms with Crippen LogP contribution in [0.5, 0.6) is 0 Å². The van der Waals surface area contributed by atoms with Crippen molar-refractivity contribution in [2.24, 2.45) is 0 Å². The van der Waals surface area contributed by atoms with Crippen molar-refractivity contribution in [3.63, 3.8) is 0 Å². The molecule has 0 spiro atoms.